The normalized spacial score (nSPS) is 10.6. The Morgan fingerprint density at radius 3 is 2.90 bits per heavy atom. The number of H-pyrrole nitrogens is 1. The molecular weight excluding hydrogens is 324 g/mol. The molecule has 0 saturated carbocycles. The fourth-order valence-corrected chi connectivity index (χ4v) is 3.66. The molecule has 3 rings (SSSR count). The number of para-hydroxylation sites is 1. The van der Waals surface area contributed by atoms with E-state index in [1.807, 2.05) is 36.4 Å². The number of aromatic amines is 1. The topological polar surface area (TPSA) is 74.5 Å². The number of hydrogen-bond acceptors (Lipinski definition) is 6. The van der Waals surface area contributed by atoms with Crippen molar-refractivity contribution in [1.29, 1.82) is 5.26 Å². The molecule has 0 unspecified atom stereocenters. The number of nitrogens with one attached hydrogen (secondary N) is 1. The second-order valence-corrected chi connectivity index (χ2v) is 6.62. The summed E-state index contributed by atoms with van der Waals surface area (Å²) in [6.45, 7) is 0. The molecule has 2 heterocycles. The molecule has 0 amide bonds. The highest BCUT2D eigenvalue weighted by Crippen LogP contribution is 2.24. The van der Waals surface area contributed by atoms with Crippen molar-refractivity contribution in [3.63, 3.8) is 0 Å². The molecule has 0 aliphatic heterocycles. The second kappa shape index (κ2) is 5.81. The third-order valence-corrected chi connectivity index (χ3v) is 4.81. The van der Waals surface area contributed by atoms with Crippen molar-refractivity contribution in [3.8, 4) is 11.8 Å². The molecule has 8 heteroatoms. The second-order valence-electron chi connectivity index (χ2n) is 4.01. The summed E-state index contributed by atoms with van der Waals surface area (Å²) in [5.74, 6) is 0.227. The van der Waals surface area contributed by atoms with E-state index in [0.29, 0.717) is 19.5 Å². The molecule has 0 radical (unpaired) electrons. The zero-order valence-corrected chi connectivity index (χ0v) is 13.0. The Morgan fingerprint density at radius 2 is 2.19 bits per heavy atom. The first kappa shape index (κ1) is 14.0. The van der Waals surface area contributed by atoms with Crippen molar-refractivity contribution in [2.45, 2.75) is 5.16 Å². The predicted molar refractivity (Wildman–Crippen MR) is 86.7 cm³/mol. The maximum atomic E-state index is 12.1. The number of aromatic nitrogens is 3. The van der Waals surface area contributed by atoms with Crippen LogP contribution in [-0.2, 0) is 0 Å². The molecule has 0 atom stereocenters. The van der Waals surface area contributed by atoms with Crippen LogP contribution in [0.25, 0.3) is 16.0 Å². The van der Waals surface area contributed by atoms with Crippen LogP contribution in [0, 0.1) is 15.3 Å². The van der Waals surface area contributed by atoms with Gasteiger partial charge >= 0.3 is 0 Å². The van der Waals surface area contributed by atoms with Gasteiger partial charge < -0.3 is 4.98 Å². The third kappa shape index (κ3) is 2.63. The van der Waals surface area contributed by atoms with E-state index in [0.717, 1.165) is 5.69 Å². The summed E-state index contributed by atoms with van der Waals surface area (Å²) < 4.78 is 2.84. The Labute approximate surface area is 132 Å². The van der Waals surface area contributed by atoms with Crippen LogP contribution < -0.4 is 5.56 Å². The Kier molecular flexibility index (Phi) is 3.88. The Balaban J connectivity index is 2.28. The van der Waals surface area contributed by atoms with E-state index in [4.69, 9.17) is 17.5 Å². The van der Waals surface area contributed by atoms with Crippen LogP contribution in [0.2, 0.25) is 0 Å². The zero-order chi connectivity index (χ0) is 14.8. The summed E-state index contributed by atoms with van der Waals surface area (Å²) in [7, 11) is 0. The van der Waals surface area contributed by atoms with Gasteiger partial charge in [-0.3, -0.25) is 9.36 Å². The van der Waals surface area contributed by atoms with E-state index < -0.39 is 0 Å². The van der Waals surface area contributed by atoms with Gasteiger partial charge in [0.1, 0.15) is 4.70 Å². The third-order valence-electron chi connectivity index (χ3n) is 2.71. The highest BCUT2D eigenvalue weighted by molar-refractivity contribution is 7.99. The van der Waals surface area contributed by atoms with Crippen LogP contribution in [0.15, 0.2) is 40.3 Å². The van der Waals surface area contributed by atoms with Crippen LogP contribution >= 0.6 is 35.3 Å². The molecule has 5 nitrogen and oxygen atoms in total. The number of thioether (sulfide) groups is 1. The van der Waals surface area contributed by atoms with Gasteiger partial charge in [0.05, 0.1) is 11.8 Å². The SMILES string of the molecule is N#CCSc1nc2c(sc(=S)n2-c2ccccc2)c(=O)[nH]1. The Hall–Kier alpha value is -1.95. The van der Waals surface area contributed by atoms with Gasteiger partial charge in [-0.15, -0.1) is 0 Å². The quantitative estimate of drug-likeness (QED) is 0.453. The van der Waals surface area contributed by atoms with E-state index in [1.54, 1.807) is 4.57 Å². The van der Waals surface area contributed by atoms with E-state index in [1.165, 1.54) is 23.1 Å². The lowest BCUT2D eigenvalue weighted by Crippen LogP contribution is -2.09. The van der Waals surface area contributed by atoms with E-state index >= 15 is 0 Å². The van der Waals surface area contributed by atoms with Gasteiger partial charge in [0.15, 0.2) is 14.8 Å². The fourth-order valence-electron chi connectivity index (χ4n) is 1.87. The number of nitrogens with zero attached hydrogens (tertiary/aromatic N) is 3. The van der Waals surface area contributed by atoms with Gasteiger partial charge in [0.25, 0.3) is 5.56 Å². The molecule has 21 heavy (non-hydrogen) atoms. The summed E-state index contributed by atoms with van der Waals surface area (Å²) in [4.78, 5) is 19.2. The minimum Gasteiger partial charge on any atom is -0.300 e. The van der Waals surface area contributed by atoms with Gasteiger partial charge in [-0.1, -0.05) is 41.3 Å². The number of thiazole rings is 1. The standard InChI is InChI=1S/C13H8N4OS3/c14-6-7-20-12-15-10-9(11(18)16-12)21-13(19)17(10)8-4-2-1-3-5-8/h1-5H,7H2,(H,15,16,18). The summed E-state index contributed by atoms with van der Waals surface area (Å²) in [6, 6.07) is 11.5. The molecule has 0 aliphatic rings. The Bertz CT molecular complexity index is 949. The van der Waals surface area contributed by atoms with E-state index in [-0.39, 0.29) is 11.3 Å². The molecule has 104 valence electrons. The van der Waals surface area contributed by atoms with Gasteiger partial charge in [-0.05, 0) is 24.4 Å². The number of nitriles is 1. The van der Waals surface area contributed by atoms with Crippen molar-refractivity contribution in [1.82, 2.24) is 14.5 Å². The van der Waals surface area contributed by atoms with Crippen LogP contribution in [-0.4, -0.2) is 20.3 Å². The molecule has 2 aromatic heterocycles. The van der Waals surface area contributed by atoms with Crippen LogP contribution in [0.4, 0.5) is 0 Å². The van der Waals surface area contributed by atoms with Gasteiger partial charge in [0.2, 0.25) is 0 Å². The lowest BCUT2D eigenvalue weighted by atomic mass is 10.3. The lowest BCUT2D eigenvalue weighted by molar-refractivity contribution is 0.945. The first-order valence-electron chi connectivity index (χ1n) is 5.92. The molecule has 0 bridgehead atoms. The van der Waals surface area contributed by atoms with Crippen LogP contribution in [0.3, 0.4) is 0 Å². The molecule has 0 fully saturated rings. The summed E-state index contributed by atoms with van der Waals surface area (Å²) in [5.41, 5.74) is 1.16. The van der Waals surface area contributed by atoms with E-state index in [9.17, 15) is 4.79 Å². The lowest BCUT2D eigenvalue weighted by Gasteiger charge is -2.04. The minimum absolute atomic E-state index is 0.227. The molecule has 1 aromatic carbocycles. The smallest absolute Gasteiger partial charge is 0.271 e. The molecule has 0 spiro atoms. The monoisotopic (exact) mass is 332 g/mol. The Morgan fingerprint density at radius 1 is 1.43 bits per heavy atom. The van der Waals surface area contributed by atoms with Crippen molar-refractivity contribution in [3.05, 3.63) is 44.6 Å². The minimum atomic E-state index is -0.230. The molecular formula is C13H8N4OS3. The van der Waals surface area contributed by atoms with Gasteiger partial charge in [-0.25, -0.2) is 4.98 Å². The van der Waals surface area contributed by atoms with Crippen LogP contribution in [0.1, 0.15) is 0 Å². The number of fused-ring (bicyclic) bond motifs is 1. The largest absolute Gasteiger partial charge is 0.300 e. The fraction of sp³-hybridized carbons (Fsp3) is 0.0769. The maximum Gasteiger partial charge on any atom is 0.271 e. The van der Waals surface area contributed by atoms with Crippen molar-refractivity contribution in [2.75, 3.05) is 5.75 Å². The highest BCUT2D eigenvalue weighted by atomic mass is 32.2. The summed E-state index contributed by atoms with van der Waals surface area (Å²) >= 11 is 7.78. The first-order valence-corrected chi connectivity index (χ1v) is 8.13. The predicted octanol–water partition coefficient (Wildman–Crippen LogP) is 3.12. The molecule has 0 saturated heterocycles. The van der Waals surface area contributed by atoms with Crippen molar-refractivity contribution >= 4 is 45.7 Å². The summed E-state index contributed by atoms with van der Waals surface area (Å²) in [6.07, 6.45) is 0. The number of benzene rings is 1. The maximum absolute atomic E-state index is 12.1. The van der Waals surface area contributed by atoms with E-state index in [2.05, 4.69) is 9.97 Å². The van der Waals surface area contributed by atoms with Crippen molar-refractivity contribution < 1.29 is 0 Å². The molecule has 0 aliphatic carbocycles. The highest BCUT2D eigenvalue weighted by Gasteiger charge is 2.13. The first-order chi connectivity index (χ1) is 10.2. The van der Waals surface area contributed by atoms with Crippen molar-refractivity contribution in [2.24, 2.45) is 0 Å². The average Bonchev–Trinajstić information content (AvgIpc) is 2.83. The summed E-state index contributed by atoms with van der Waals surface area (Å²) in [5, 5.41) is 9.06. The zero-order valence-electron chi connectivity index (χ0n) is 10.6. The van der Waals surface area contributed by atoms with Crippen LogP contribution in [0.5, 0.6) is 0 Å². The average molecular weight is 332 g/mol. The number of hydrogen-bond donors (Lipinski definition) is 1. The number of rotatable bonds is 3. The molecule has 3 aromatic rings. The van der Waals surface area contributed by atoms with Gasteiger partial charge in [-0.2, -0.15) is 5.26 Å². The molecule has 1 N–H and O–H groups in total. The van der Waals surface area contributed by atoms with Gasteiger partial charge in [0, 0.05) is 5.69 Å².